The van der Waals surface area contributed by atoms with Crippen LogP contribution in [0.4, 0.5) is 0 Å². The lowest BCUT2D eigenvalue weighted by Crippen LogP contribution is -2.42. The predicted octanol–water partition coefficient (Wildman–Crippen LogP) is 1.58. The highest BCUT2D eigenvalue weighted by Crippen LogP contribution is 2.27. The van der Waals surface area contributed by atoms with Gasteiger partial charge in [0.25, 0.3) is 0 Å². The molecule has 2 atom stereocenters. The molecular weight excluding hydrogens is 236 g/mol. The van der Waals surface area contributed by atoms with Gasteiger partial charge in [-0.15, -0.1) is 0 Å². The van der Waals surface area contributed by atoms with E-state index in [9.17, 15) is 8.42 Å². The first-order valence-corrected chi connectivity index (χ1v) is 8.24. The van der Waals surface area contributed by atoms with Crippen molar-refractivity contribution in [3.8, 4) is 6.07 Å². The quantitative estimate of drug-likeness (QED) is 0.702. The van der Waals surface area contributed by atoms with Gasteiger partial charge in [0.2, 0.25) is 0 Å². The fourth-order valence-corrected chi connectivity index (χ4v) is 3.78. The average Bonchev–Trinajstić information content (AvgIpc) is 2.28. The zero-order valence-corrected chi connectivity index (χ0v) is 11.5. The number of hydrogen-bond acceptors (Lipinski definition) is 4. The Labute approximate surface area is 105 Å². The van der Waals surface area contributed by atoms with E-state index in [-0.39, 0.29) is 11.3 Å². The van der Waals surface area contributed by atoms with Gasteiger partial charge in [-0.1, -0.05) is 13.3 Å². The summed E-state index contributed by atoms with van der Waals surface area (Å²) in [6.45, 7) is 3.38. The molecule has 0 bridgehead atoms. The molecule has 0 amide bonds. The lowest BCUT2D eigenvalue weighted by atomic mass is 9.93. The molecule has 2 unspecified atom stereocenters. The minimum Gasteiger partial charge on any atom is -0.288 e. The van der Waals surface area contributed by atoms with Gasteiger partial charge >= 0.3 is 0 Å². The summed E-state index contributed by atoms with van der Waals surface area (Å²) in [6.07, 6.45) is 5.78. The first-order valence-electron chi connectivity index (χ1n) is 6.29. The summed E-state index contributed by atoms with van der Waals surface area (Å²) in [5.74, 6) is 0. The van der Waals surface area contributed by atoms with Crippen LogP contribution in [-0.4, -0.2) is 44.0 Å². The van der Waals surface area contributed by atoms with Crippen LogP contribution in [0, 0.1) is 11.3 Å². The van der Waals surface area contributed by atoms with E-state index >= 15 is 0 Å². The van der Waals surface area contributed by atoms with Crippen LogP contribution in [0.3, 0.4) is 0 Å². The summed E-state index contributed by atoms with van der Waals surface area (Å²) in [5.41, 5.74) is 0. The molecule has 1 fully saturated rings. The van der Waals surface area contributed by atoms with Crippen LogP contribution < -0.4 is 0 Å². The van der Waals surface area contributed by atoms with Gasteiger partial charge in [0, 0.05) is 12.3 Å². The van der Waals surface area contributed by atoms with E-state index < -0.39 is 9.84 Å². The second kappa shape index (κ2) is 6.36. The lowest BCUT2D eigenvalue weighted by Gasteiger charge is -2.35. The summed E-state index contributed by atoms with van der Waals surface area (Å²) in [5, 5.41) is 8.60. The molecule has 0 aromatic carbocycles. The molecular formula is C12H22N2O2S. The summed E-state index contributed by atoms with van der Waals surface area (Å²) in [7, 11) is -2.93. The Bertz CT molecular complexity index is 372. The Kier molecular flexibility index (Phi) is 5.41. The molecule has 0 aromatic heterocycles. The Morgan fingerprint density at radius 3 is 2.65 bits per heavy atom. The lowest BCUT2D eigenvalue weighted by molar-refractivity contribution is 0.175. The molecule has 5 heteroatoms. The van der Waals surface area contributed by atoms with E-state index in [0.29, 0.717) is 13.0 Å². The van der Waals surface area contributed by atoms with Crippen LogP contribution in [-0.2, 0) is 9.84 Å². The standard InChI is InChI=1S/C12H22N2O2S/c1-3-8-14(9-7-13)11-5-4-6-12(10-11)17(2,15)16/h11-12H,3-6,8-10H2,1-2H3. The maximum atomic E-state index is 11.6. The summed E-state index contributed by atoms with van der Waals surface area (Å²) in [4.78, 5) is 2.14. The molecule has 0 radical (unpaired) electrons. The topological polar surface area (TPSA) is 61.2 Å². The van der Waals surface area contributed by atoms with Gasteiger partial charge in [0.05, 0.1) is 17.9 Å². The van der Waals surface area contributed by atoms with Crippen molar-refractivity contribution in [2.75, 3.05) is 19.3 Å². The first kappa shape index (κ1) is 14.5. The maximum absolute atomic E-state index is 11.6. The van der Waals surface area contributed by atoms with Crippen LogP contribution in [0.1, 0.15) is 39.0 Å². The number of nitriles is 1. The second-order valence-corrected chi connectivity index (χ2v) is 7.23. The van der Waals surface area contributed by atoms with Crippen molar-refractivity contribution in [2.24, 2.45) is 0 Å². The second-order valence-electron chi connectivity index (χ2n) is 4.90. The van der Waals surface area contributed by atoms with Crippen molar-refractivity contribution in [2.45, 2.75) is 50.3 Å². The van der Waals surface area contributed by atoms with Gasteiger partial charge in [0.15, 0.2) is 0 Å². The molecule has 1 aliphatic carbocycles. The van der Waals surface area contributed by atoms with Crippen LogP contribution in [0.2, 0.25) is 0 Å². The number of nitrogens with zero attached hydrogens (tertiary/aromatic N) is 2. The van der Waals surface area contributed by atoms with E-state index in [0.717, 1.165) is 32.2 Å². The Balaban J connectivity index is 2.67. The molecule has 1 saturated carbocycles. The third kappa shape index (κ3) is 4.29. The summed E-state index contributed by atoms with van der Waals surface area (Å²) in [6, 6.07) is 2.45. The maximum Gasteiger partial charge on any atom is 0.150 e. The molecule has 98 valence electrons. The van der Waals surface area contributed by atoms with Crippen molar-refractivity contribution in [1.29, 1.82) is 5.26 Å². The van der Waals surface area contributed by atoms with E-state index in [1.165, 1.54) is 6.26 Å². The fraction of sp³-hybridized carbons (Fsp3) is 0.917. The van der Waals surface area contributed by atoms with E-state index in [4.69, 9.17) is 5.26 Å². The molecule has 0 saturated heterocycles. The van der Waals surface area contributed by atoms with Crippen LogP contribution in [0.5, 0.6) is 0 Å². The highest BCUT2D eigenvalue weighted by atomic mass is 32.2. The van der Waals surface area contributed by atoms with Crippen molar-refractivity contribution in [3.63, 3.8) is 0 Å². The number of hydrogen-bond donors (Lipinski definition) is 0. The Morgan fingerprint density at radius 1 is 1.41 bits per heavy atom. The highest BCUT2D eigenvalue weighted by Gasteiger charge is 2.31. The van der Waals surface area contributed by atoms with Crippen molar-refractivity contribution < 1.29 is 8.42 Å². The van der Waals surface area contributed by atoms with E-state index in [2.05, 4.69) is 17.9 Å². The molecule has 0 aliphatic heterocycles. The molecule has 1 rings (SSSR count). The van der Waals surface area contributed by atoms with Gasteiger partial charge < -0.3 is 0 Å². The smallest absolute Gasteiger partial charge is 0.150 e. The van der Waals surface area contributed by atoms with Gasteiger partial charge in [-0.05, 0) is 32.2 Å². The molecule has 1 aliphatic rings. The minimum atomic E-state index is -2.93. The van der Waals surface area contributed by atoms with E-state index in [1.807, 2.05) is 0 Å². The zero-order chi connectivity index (χ0) is 12.9. The molecule has 0 aromatic rings. The Hall–Kier alpha value is -0.600. The van der Waals surface area contributed by atoms with Crippen LogP contribution in [0.25, 0.3) is 0 Å². The highest BCUT2D eigenvalue weighted by molar-refractivity contribution is 7.91. The first-order chi connectivity index (χ1) is 7.99. The van der Waals surface area contributed by atoms with Crippen molar-refractivity contribution in [3.05, 3.63) is 0 Å². The summed E-state index contributed by atoms with van der Waals surface area (Å²) >= 11 is 0. The monoisotopic (exact) mass is 258 g/mol. The number of rotatable bonds is 5. The molecule has 0 heterocycles. The Morgan fingerprint density at radius 2 is 2.12 bits per heavy atom. The average molecular weight is 258 g/mol. The van der Waals surface area contributed by atoms with Gasteiger partial charge in [-0.3, -0.25) is 4.90 Å². The zero-order valence-electron chi connectivity index (χ0n) is 10.7. The molecule has 0 spiro atoms. The third-order valence-electron chi connectivity index (χ3n) is 3.50. The normalized spacial score (nSPS) is 25.8. The molecule has 4 nitrogen and oxygen atoms in total. The summed E-state index contributed by atoms with van der Waals surface area (Å²) < 4.78 is 23.2. The van der Waals surface area contributed by atoms with Gasteiger partial charge in [-0.25, -0.2) is 8.42 Å². The van der Waals surface area contributed by atoms with Crippen molar-refractivity contribution >= 4 is 9.84 Å². The number of sulfone groups is 1. The minimum absolute atomic E-state index is 0.209. The molecule has 0 N–H and O–H groups in total. The predicted molar refractivity (Wildman–Crippen MR) is 68.4 cm³/mol. The van der Waals surface area contributed by atoms with Crippen LogP contribution >= 0.6 is 0 Å². The largest absolute Gasteiger partial charge is 0.288 e. The van der Waals surface area contributed by atoms with Gasteiger partial charge in [-0.2, -0.15) is 5.26 Å². The van der Waals surface area contributed by atoms with Crippen LogP contribution in [0.15, 0.2) is 0 Å². The van der Waals surface area contributed by atoms with E-state index in [1.54, 1.807) is 0 Å². The SMILES string of the molecule is CCCN(CC#N)C1CCCC(S(C)(=O)=O)C1. The molecule has 17 heavy (non-hydrogen) atoms. The van der Waals surface area contributed by atoms with Gasteiger partial charge in [0.1, 0.15) is 9.84 Å². The fourth-order valence-electron chi connectivity index (χ4n) is 2.61. The van der Waals surface area contributed by atoms with Crippen molar-refractivity contribution in [1.82, 2.24) is 4.90 Å². The third-order valence-corrected chi connectivity index (χ3v) is 5.14.